The zero-order chi connectivity index (χ0) is 23.3. The summed E-state index contributed by atoms with van der Waals surface area (Å²) in [4.78, 5) is 24.7. The zero-order valence-electron chi connectivity index (χ0n) is 17.9. The summed E-state index contributed by atoms with van der Waals surface area (Å²) in [5, 5.41) is 9.51. The first-order valence-corrected chi connectivity index (χ1v) is 11.1. The fraction of sp³-hybridized carbons (Fsp3) is 0.261. The normalized spacial score (nSPS) is 12.8. The molecule has 0 saturated carbocycles. The molecule has 0 aliphatic heterocycles. The van der Waals surface area contributed by atoms with E-state index >= 15 is 0 Å². The van der Waals surface area contributed by atoms with Gasteiger partial charge in [-0.05, 0) is 69.3 Å². The van der Waals surface area contributed by atoms with Gasteiger partial charge in [0.2, 0.25) is 11.8 Å². The molecule has 2 atom stereocenters. The van der Waals surface area contributed by atoms with Gasteiger partial charge in [0, 0.05) is 16.9 Å². The molecule has 0 bridgehead atoms. The van der Waals surface area contributed by atoms with Crippen molar-refractivity contribution in [3.63, 3.8) is 0 Å². The van der Waals surface area contributed by atoms with E-state index in [1.165, 1.54) is 48.2 Å². The molecule has 32 heavy (non-hydrogen) atoms. The van der Waals surface area contributed by atoms with Crippen molar-refractivity contribution in [3.8, 4) is 5.69 Å². The van der Waals surface area contributed by atoms with Gasteiger partial charge in [-0.15, -0.1) is 11.8 Å². The van der Waals surface area contributed by atoms with E-state index in [9.17, 15) is 18.4 Å². The van der Waals surface area contributed by atoms with Crippen LogP contribution in [-0.4, -0.2) is 32.6 Å². The van der Waals surface area contributed by atoms with E-state index in [-0.39, 0.29) is 35.2 Å². The fourth-order valence-electron chi connectivity index (χ4n) is 3.11. The summed E-state index contributed by atoms with van der Waals surface area (Å²) < 4.78 is 27.8. The van der Waals surface area contributed by atoms with Crippen molar-refractivity contribution in [3.05, 3.63) is 77.6 Å². The summed E-state index contributed by atoms with van der Waals surface area (Å²) >= 11 is 1.21. The highest BCUT2D eigenvalue weighted by Crippen LogP contribution is 2.21. The predicted molar refractivity (Wildman–Crippen MR) is 122 cm³/mol. The van der Waals surface area contributed by atoms with Crippen molar-refractivity contribution < 1.29 is 18.4 Å². The summed E-state index contributed by atoms with van der Waals surface area (Å²) in [6.45, 7) is 5.47. The average Bonchev–Trinajstić information content (AvgIpc) is 3.15. The maximum absolute atomic E-state index is 13.2. The second-order valence-electron chi connectivity index (χ2n) is 7.31. The van der Waals surface area contributed by atoms with Gasteiger partial charge < -0.3 is 10.6 Å². The summed E-state index contributed by atoms with van der Waals surface area (Å²) in [6.07, 6.45) is 1.68. The summed E-state index contributed by atoms with van der Waals surface area (Å²) in [5.74, 6) is -1.09. The fourth-order valence-corrected chi connectivity index (χ4v) is 3.80. The van der Waals surface area contributed by atoms with E-state index in [0.29, 0.717) is 5.69 Å². The van der Waals surface area contributed by atoms with Crippen molar-refractivity contribution in [1.82, 2.24) is 15.1 Å². The second kappa shape index (κ2) is 10.4. The Balaban J connectivity index is 1.53. The van der Waals surface area contributed by atoms with Gasteiger partial charge in [0.05, 0.1) is 28.9 Å². The van der Waals surface area contributed by atoms with Gasteiger partial charge in [0.25, 0.3) is 0 Å². The Bertz CT molecular complexity index is 1080. The molecular formula is C23H24F2N4O2S. The van der Waals surface area contributed by atoms with Gasteiger partial charge in [-0.25, -0.2) is 13.5 Å². The van der Waals surface area contributed by atoms with Crippen LogP contribution in [0, 0.1) is 18.6 Å². The maximum atomic E-state index is 13.2. The van der Waals surface area contributed by atoms with E-state index in [1.54, 1.807) is 29.9 Å². The first kappa shape index (κ1) is 23.5. The van der Waals surface area contributed by atoms with Gasteiger partial charge in [0.1, 0.15) is 11.6 Å². The number of halogens is 2. The third-order valence-corrected chi connectivity index (χ3v) is 6.05. The third kappa shape index (κ3) is 5.94. The van der Waals surface area contributed by atoms with Crippen LogP contribution in [0.25, 0.3) is 5.69 Å². The number of thioether (sulfide) groups is 1. The second-order valence-corrected chi connectivity index (χ2v) is 8.64. The van der Waals surface area contributed by atoms with Crippen molar-refractivity contribution in [2.24, 2.45) is 0 Å². The minimum atomic E-state index is -0.455. The number of hydrogen-bond donors (Lipinski definition) is 2. The number of hydrogen-bond acceptors (Lipinski definition) is 4. The minimum Gasteiger partial charge on any atom is -0.349 e. The monoisotopic (exact) mass is 458 g/mol. The van der Waals surface area contributed by atoms with Crippen LogP contribution in [0.15, 0.2) is 54.7 Å². The van der Waals surface area contributed by atoms with Crippen LogP contribution in [0.4, 0.5) is 14.5 Å². The summed E-state index contributed by atoms with van der Waals surface area (Å²) in [5.41, 5.74) is 2.90. The quantitative estimate of drug-likeness (QED) is 0.525. The Morgan fingerprint density at radius 3 is 2.25 bits per heavy atom. The van der Waals surface area contributed by atoms with Crippen LogP contribution in [0.5, 0.6) is 0 Å². The molecule has 1 aromatic heterocycles. The van der Waals surface area contributed by atoms with E-state index in [1.807, 2.05) is 13.8 Å². The molecule has 3 aromatic rings. The summed E-state index contributed by atoms with van der Waals surface area (Å²) in [7, 11) is 0. The van der Waals surface area contributed by atoms with E-state index in [4.69, 9.17) is 0 Å². The molecule has 0 spiro atoms. The number of anilines is 1. The number of nitrogens with zero attached hydrogens (tertiary/aromatic N) is 2. The molecule has 3 rings (SSSR count). The molecule has 0 aliphatic rings. The number of carbonyl (C=O) groups excluding carboxylic acids is 2. The molecule has 1 heterocycles. The standard InChI is InChI=1S/C23H24F2N4O2S/c1-14(21-12-26-29(15(21)2)20-10-6-18(25)7-11-20)27-23(31)16(3)32-13-22(30)28-19-8-4-17(24)5-9-19/h4-12,14,16H,13H2,1-3H3,(H,27,31)(H,28,30). The average molecular weight is 459 g/mol. The number of nitrogens with one attached hydrogen (secondary N) is 2. The number of carbonyl (C=O) groups is 2. The SMILES string of the molecule is Cc1c(C(C)NC(=O)C(C)SCC(=O)Nc2ccc(F)cc2)cnn1-c1ccc(F)cc1. The van der Waals surface area contributed by atoms with Crippen molar-refractivity contribution >= 4 is 29.3 Å². The molecule has 9 heteroatoms. The minimum absolute atomic E-state index is 0.0852. The molecule has 0 saturated heterocycles. The van der Waals surface area contributed by atoms with Crippen LogP contribution >= 0.6 is 11.8 Å². The van der Waals surface area contributed by atoms with Crippen molar-refractivity contribution in [2.75, 3.05) is 11.1 Å². The van der Waals surface area contributed by atoms with Crippen LogP contribution in [0.1, 0.15) is 31.1 Å². The van der Waals surface area contributed by atoms with E-state index in [0.717, 1.165) is 16.9 Å². The highest BCUT2D eigenvalue weighted by atomic mass is 32.2. The lowest BCUT2D eigenvalue weighted by molar-refractivity contribution is -0.120. The zero-order valence-corrected chi connectivity index (χ0v) is 18.7. The van der Waals surface area contributed by atoms with Crippen LogP contribution < -0.4 is 10.6 Å². The molecule has 2 aromatic carbocycles. The largest absolute Gasteiger partial charge is 0.349 e. The molecule has 2 amide bonds. The molecule has 6 nitrogen and oxygen atoms in total. The predicted octanol–water partition coefficient (Wildman–Crippen LogP) is 4.40. The third-order valence-electron chi connectivity index (χ3n) is 4.91. The van der Waals surface area contributed by atoms with Crippen molar-refractivity contribution in [2.45, 2.75) is 32.1 Å². The molecule has 2 unspecified atom stereocenters. The Morgan fingerprint density at radius 2 is 1.62 bits per heavy atom. The Labute approximate surface area is 189 Å². The first-order valence-electron chi connectivity index (χ1n) is 10.0. The molecule has 0 fully saturated rings. The number of rotatable bonds is 8. The van der Waals surface area contributed by atoms with Crippen molar-refractivity contribution in [1.29, 1.82) is 0 Å². The molecule has 0 radical (unpaired) electrons. The highest BCUT2D eigenvalue weighted by molar-refractivity contribution is 8.01. The van der Waals surface area contributed by atoms with Gasteiger partial charge >= 0.3 is 0 Å². The number of benzene rings is 2. The van der Waals surface area contributed by atoms with Crippen LogP contribution in [0.2, 0.25) is 0 Å². The van der Waals surface area contributed by atoms with Gasteiger partial charge in [-0.2, -0.15) is 5.10 Å². The topological polar surface area (TPSA) is 76.0 Å². The first-order chi connectivity index (χ1) is 15.2. The number of aromatic nitrogens is 2. The number of amides is 2. The molecule has 168 valence electrons. The lowest BCUT2D eigenvalue weighted by Crippen LogP contribution is -2.34. The van der Waals surface area contributed by atoms with Gasteiger partial charge in [-0.1, -0.05) is 0 Å². The van der Waals surface area contributed by atoms with E-state index < -0.39 is 5.25 Å². The Morgan fingerprint density at radius 1 is 1.03 bits per heavy atom. The summed E-state index contributed by atoms with van der Waals surface area (Å²) in [6, 6.07) is 11.2. The maximum Gasteiger partial charge on any atom is 0.234 e. The smallest absolute Gasteiger partial charge is 0.234 e. The van der Waals surface area contributed by atoms with Crippen LogP contribution in [0.3, 0.4) is 0 Å². The molecule has 0 aliphatic carbocycles. The Hall–Kier alpha value is -3.20. The highest BCUT2D eigenvalue weighted by Gasteiger charge is 2.20. The van der Waals surface area contributed by atoms with Crippen LogP contribution in [-0.2, 0) is 9.59 Å². The lowest BCUT2D eigenvalue weighted by atomic mass is 10.1. The Kier molecular flexibility index (Phi) is 7.63. The van der Waals surface area contributed by atoms with Gasteiger partial charge in [0.15, 0.2) is 0 Å². The van der Waals surface area contributed by atoms with E-state index in [2.05, 4.69) is 15.7 Å². The lowest BCUT2D eigenvalue weighted by Gasteiger charge is -2.17. The van der Waals surface area contributed by atoms with Gasteiger partial charge in [-0.3, -0.25) is 9.59 Å². The molecule has 2 N–H and O–H groups in total. The molecular weight excluding hydrogens is 434 g/mol.